The van der Waals surface area contributed by atoms with E-state index in [2.05, 4.69) is 6.58 Å². The molecule has 0 aliphatic carbocycles. The van der Waals surface area contributed by atoms with Crippen LogP contribution in [0, 0.1) is 0 Å². The molecule has 0 aromatic heterocycles. The quantitative estimate of drug-likeness (QED) is 0.598. The standard InChI is InChI=1S/C8H15NO2/c1-4-8(5-10)9(6-11)7(2)3/h6,8,10H,2,4-5H2,1,3H3. The summed E-state index contributed by atoms with van der Waals surface area (Å²) in [6.07, 6.45) is 1.44. The van der Waals surface area contributed by atoms with Crippen molar-refractivity contribution in [1.82, 2.24) is 4.90 Å². The van der Waals surface area contributed by atoms with Gasteiger partial charge in [-0.05, 0) is 13.3 Å². The molecule has 0 saturated carbocycles. The van der Waals surface area contributed by atoms with Gasteiger partial charge in [0.15, 0.2) is 0 Å². The third kappa shape index (κ3) is 2.72. The number of amides is 1. The van der Waals surface area contributed by atoms with Gasteiger partial charge in [0.2, 0.25) is 6.41 Å². The van der Waals surface area contributed by atoms with Crippen molar-refractivity contribution in [2.75, 3.05) is 6.61 Å². The number of carbonyl (C=O) groups excluding carboxylic acids is 1. The lowest BCUT2D eigenvalue weighted by Gasteiger charge is -2.25. The molecule has 0 aliphatic rings. The monoisotopic (exact) mass is 157 g/mol. The number of allylic oxidation sites excluding steroid dienone is 1. The number of carbonyl (C=O) groups is 1. The summed E-state index contributed by atoms with van der Waals surface area (Å²) in [5.41, 5.74) is 0.668. The SMILES string of the molecule is C=C(C)N(C=O)C(CC)CO. The Bertz CT molecular complexity index is 141. The Hall–Kier alpha value is -0.830. The van der Waals surface area contributed by atoms with Crippen LogP contribution >= 0.6 is 0 Å². The second kappa shape index (κ2) is 4.91. The van der Waals surface area contributed by atoms with Crippen molar-refractivity contribution in [3.05, 3.63) is 12.3 Å². The average Bonchev–Trinajstić information content (AvgIpc) is 1.99. The van der Waals surface area contributed by atoms with E-state index in [1.54, 1.807) is 6.92 Å². The van der Waals surface area contributed by atoms with Gasteiger partial charge in [0.25, 0.3) is 0 Å². The van der Waals surface area contributed by atoms with Crippen molar-refractivity contribution in [2.24, 2.45) is 0 Å². The normalized spacial score (nSPS) is 12.3. The molecule has 3 nitrogen and oxygen atoms in total. The van der Waals surface area contributed by atoms with Gasteiger partial charge in [-0.1, -0.05) is 13.5 Å². The fraction of sp³-hybridized carbons (Fsp3) is 0.625. The molecule has 0 radical (unpaired) electrons. The number of hydrogen-bond acceptors (Lipinski definition) is 2. The molecular weight excluding hydrogens is 142 g/mol. The van der Waals surface area contributed by atoms with Crippen molar-refractivity contribution in [3.63, 3.8) is 0 Å². The first-order valence-corrected chi connectivity index (χ1v) is 3.67. The number of rotatable bonds is 5. The topological polar surface area (TPSA) is 40.5 Å². The van der Waals surface area contributed by atoms with Crippen molar-refractivity contribution in [3.8, 4) is 0 Å². The summed E-state index contributed by atoms with van der Waals surface area (Å²) < 4.78 is 0. The lowest BCUT2D eigenvalue weighted by Crippen LogP contribution is -2.34. The van der Waals surface area contributed by atoms with Crippen LogP contribution in [0.15, 0.2) is 12.3 Å². The highest BCUT2D eigenvalue weighted by molar-refractivity contribution is 5.51. The highest BCUT2D eigenvalue weighted by Crippen LogP contribution is 2.06. The van der Waals surface area contributed by atoms with E-state index < -0.39 is 0 Å². The summed E-state index contributed by atoms with van der Waals surface area (Å²) in [4.78, 5) is 11.9. The van der Waals surface area contributed by atoms with Gasteiger partial charge >= 0.3 is 0 Å². The fourth-order valence-corrected chi connectivity index (χ4v) is 0.901. The van der Waals surface area contributed by atoms with Crippen molar-refractivity contribution < 1.29 is 9.90 Å². The van der Waals surface area contributed by atoms with E-state index in [1.807, 2.05) is 6.92 Å². The van der Waals surface area contributed by atoms with Gasteiger partial charge in [0, 0.05) is 5.70 Å². The van der Waals surface area contributed by atoms with E-state index in [1.165, 1.54) is 4.90 Å². The maximum Gasteiger partial charge on any atom is 0.214 e. The highest BCUT2D eigenvalue weighted by Gasteiger charge is 2.13. The Morgan fingerprint density at radius 1 is 1.82 bits per heavy atom. The summed E-state index contributed by atoms with van der Waals surface area (Å²) in [6, 6.07) is -0.120. The first-order valence-electron chi connectivity index (χ1n) is 3.67. The van der Waals surface area contributed by atoms with E-state index in [0.29, 0.717) is 12.1 Å². The van der Waals surface area contributed by atoms with Crippen LogP contribution in [0.5, 0.6) is 0 Å². The summed E-state index contributed by atoms with van der Waals surface area (Å²) in [5, 5.41) is 8.83. The minimum absolute atomic E-state index is 0.0118. The van der Waals surface area contributed by atoms with Crippen molar-refractivity contribution >= 4 is 6.41 Å². The molecule has 0 bridgehead atoms. The third-order valence-electron chi connectivity index (χ3n) is 1.63. The van der Waals surface area contributed by atoms with E-state index in [0.717, 1.165) is 6.42 Å². The lowest BCUT2D eigenvalue weighted by atomic mass is 10.2. The first-order chi connectivity index (χ1) is 5.17. The molecule has 1 atom stereocenters. The predicted octanol–water partition coefficient (Wildman–Crippen LogP) is 0.749. The largest absolute Gasteiger partial charge is 0.394 e. The van der Waals surface area contributed by atoms with Gasteiger partial charge in [0.05, 0.1) is 12.6 Å². The summed E-state index contributed by atoms with van der Waals surface area (Å²) >= 11 is 0. The van der Waals surface area contributed by atoms with Crippen LogP contribution in [-0.2, 0) is 4.79 Å². The molecule has 0 spiro atoms. The molecule has 0 aromatic carbocycles. The number of hydrogen-bond donors (Lipinski definition) is 1. The predicted molar refractivity (Wildman–Crippen MR) is 43.9 cm³/mol. The zero-order valence-electron chi connectivity index (χ0n) is 7.08. The molecule has 1 unspecified atom stereocenters. The minimum Gasteiger partial charge on any atom is -0.394 e. The molecule has 0 aromatic rings. The number of aliphatic hydroxyl groups is 1. The van der Waals surface area contributed by atoms with E-state index in [9.17, 15) is 4.79 Å². The zero-order chi connectivity index (χ0) is 8.85. The van der Waals surface area contributed by atoms with Crippen LogP contribution in [0.1, 0.15) is 20.3 Å². The number of nitrogens with zero attached hydrogens (tertiary/aromatic N) is 1. The molecule has 1 amide bonds. The first kappa shape index (κ1) is 10.2. The van der Waals surface area contributed by atoms with Gasteiger partial charge in [-0.3, -0.25) is 4.79 Å². The summed E-state index contributed by atoms with van der Waals surface area (Å²) in [7, 11) is 0. The van der Waals surface area contributed by atoms with Gasteiger partial charge in [-0.25, -0.2) is 0 Å². The number of aliphatic hydroxyl groups excluding tert-OH is 1. The lowest BCUT2D eigenvalue weighted by molar-refractivity contribution is -0.118. The molecule has 0 fully saturated rings. The van der Waals surface area contributed by atoms with Gasteiger partial charge in [-0.15, -0.1) is 0 Å². The Morgan fingerprint density at radius 2 is 2.36 bits per heavy atom. The molecule has 64 valence electrons. The molecule has 0 saturated heterocycles. The van der Waals surface area contributed by atoms with E-state index in [4.69, 9.17) is 5.11 Å². The maximum atomic E-state index is 10.5. The Morgan fingerprint density at radius 3 is 2.45 bits per heavy atom. The van der Waals surface area contributed by atoms with Crippen LogP contribution in [0.25, 0.3) is 0 Å². The summed E-state index contributed by atoms with van der Waals surface area (Å²) in [5.74, 6) is 0. The van der Waals surface area contributed by atoms with Crippen LogP contribution < -0.4 is 0 Å². The zero-order valence-corrected chi connectivity index (χ0v) is 7.08. The van der Waals surface area contributed by atoms with Crippen LogP contribution in [0.4, 0.5) is 0 Å². The Labute approximate surface area is 67.3 Å². The van der Waals surface area contributed by atoms with Crippen LogP contribution in [0.2, 0.25) is 0 Å². The van der Waals surface area contributed by atoms with Crippen molar-refractivity contribution in [1.29, 1.82) is 0 Å². The Kier molecular flexibility index (Phi) is 4.54. The fourth-order valence-electron chi connectivity index (χ4n) is 0.901. The molecule has 0 aliphatic heterocycles. The summed E-state index contributed by atoms with van der Waals surface area (Å²) in [6.45, 7) is 7.27. The highest BCUT2D eigenvalue weighted by atomic mass is 16.3. The van der Waals surface area contributed by atoms with Gasteiger partial charge in [0.1, 0.15) is 0 Å². The average molecular weight is 157 g/mol. The second-order valence-electron chi connectivity index (χ2n) is 2.49. The smallest absolute Gasteiger partial charge is 0.214 e. The molecule has 0 rings (SSSR count). The third-order valence-corrected chi connectivity index (χ3v) is 1.63. The second-order valence-corrected chi connectivity index (χ2v) is 2.49. The van der Waals surface area contributed by atoms with E-state index >= 15 is 0 Å². The molecular formula is C8H15NO2. The Balaban J connectivity index is 4.20. The van der Waals surface area contributed by atoms with Crippen LogP contribution in [-0.4, -0.2) is 29.1 Å². The molecule has 0 heterocycles. The molecule has 11 heavy (non-hydrogen) atoms. The minimum atomic E-state index is -0.120. The van der Waals surface area contributed by atoms with E-state index in [-0.39, 0.29) is 12.6 Å². The molecule has 3 heteroatoms. The molecule has 1 N–H and O–H groups in total. The van der Waals surface area contributed by atoms with Crippen LogP contribution in [0.3, 0.4) is 0 Å². The van der Waals surface area contributed by atoms with Gasteiger partial charge in [-0.2, -0.15) is 0 Å². The van der Waals surface area contributed by atoms with Crippen molar-refractivity contribution in [2.45, 2.75) is 26.3 Å². The maximum absolute atomic E-state index is 10.5. The van der Waals surface area contributed by atoms with Gasteiger partial charge < -0.3 is 10.0 Å².